The van der Waals surface area contributed by atoms with Gasteiger partial charge in [-0.15, -0.1) is 0 Å². The number of methoxy groups -OCH3 is 1. The van der Waals surface area contributed by atoms with E-state index in [1.54, 1.807) is 7.11 Å². The normalized spacial score (nSPS) is 30.1. The lowest BCUT2D eigenvalue weighted by Crippen LogP contribution is -2.51. The van der Waals surface area contributed by atoms with E-state index < -0.39 is 5.97 Å². The van der Waals surface area contributed by atoms with Crippen molar-refractivity contribution in [3.63, 3.8) is 0 Å². The molecule has 88 valence electrons. The van der Waals surface area contributed by atoms with E-state index in [1.807, 2.05) is 11.8 Å². The molecule has 0 amide bonds. The minimum absolute atomic E-state index is 0.173. The smallest absolute Gasteiger partial charge is 0.320 e. The minimum atomic E-state index is -0.720. The molecule has 1 rings (SSSR count). The van der Waals surface area contributed by atoms with Gasteiger partial charge in [0.05, 0.1) is 6.10 Å². The number of aliphatic carboxylic acids is 1. The topological polar surface area (TPSA) is 49.8 Å². The molecule has 0 aromatic rings. The molecule has 15 heavy (non-hydrogen) atoms. The standard InChI is InChI=1S/C11H21NO3/c1-4-9(11(13)14)12-6-5-8(2)10(7-12)15-3/h8-10H,4-7H2,1-3H3,(H,13,14). The van der Waals surface area contributed by atoms with Crippen molar-refractivity contribution in [1.82, 2.24) is 4.90 Å². The maximum absolute atomic E-state index is 11.0. The first-order valence-electron chi connectivity index (χ1n) is 5.59. The number of carbonyl (C=O) groups is 1. The lowest BCUT2D eigenvalue weighted by atomic mass is 9.94. The second-order valence-electron chi connectivity index (χ2n) is 4.30. The van der Waals surface area contributed by atoms with E-state index in [2.05, 4.69) is 6.92 Å². The summed E-state index contributed by atoms with van der Waals surface area (Å²) in [4.78, 5) is 13.0. The number of carboxylic acid groups (broad SMARTS) is 1. The highest BCUT2D eigenvalue weighted by Crippen LogP contribution is 2.22. The van der Waals surface area contributed by atoms with Crippen LogP contribution in [0, 0.1) is 5.92 Å². The number of nitrogens with zero attached hydrogens (tertiary/aromatic N) is 1. The van der Waals surface area contributed by atoms with E-state index >= 15 is 0 Å². The Bertz CT molecular complexity index is 220. The zero-order valence-corrected chi connectivity index (χ0v) is 9.77. The number of likely N-dealkylation sites (tertiary alicyclic amines) is 1. The van der Waals surface area contributed by atoms with Gasteiger partial charge in [-0.05, 0) is 25.3 Å². The average molecular weight is 215 g/mol. The van der Waals surface area contributed by atoms with Gasteiger partial charge >= 0.3 is 5.97 Å². The van der Waals surface area contributed by atoms with E-state index in [1.165, 1.54) is 0 Å². The summed E-state index contributed by atoms with van der Waals surface area (Å²) in [6.07, 6.45) is 1.84. The molecular weight excluding hydrogens is 194 g/mol. The lowest BCUT2D eigenvalue weighted by molar-refractivity contribution is -0.145. The summed E-state index contributed by atoms with van der Waals surface area (Å²) in [6.45, 7) is 5.68. The summed E-state index contributed by atoms with van der Waals surface area (Å²) in [5.41, 5.74) is 0. The fraction of sp³-hybridized carbons (Fsp3) is 0.909. The van der Waals surface area contributed by atoms with Gasteiger partial charge < -0.3 is 9.84 Å². The molecule has 3 unspecified atom stereocenters. The fourth-order valence-corrected chi connectivity index (χ4v) is 2.24. The van der Waals surface area contributed by atoms with Gasteiger partial charge in [-0.2, -0.15) is 0 Å². The van der Waals surface area contributed by atoms with Crippen LogP contribution in [0.3, 0.4) is 0 Å². The summed E-state index contributed by atoms with van der Waals surface area (Å²) in [5, 5.41) is 9.07. The molecule has 0 bridgehead atoms. The first-order valence-corrected chi connectivity index (χ1v) is 5.59. The second-order valence-corrected chi connectivity index (χ2v) is 4.30. The van der Waals surface area contributed by atoms with Gasteiger partial charge in [0.1, 0.15) is 6.04 Å². The Kier molecular flexibility index (Phi) is 4.54. The predicted octanol–water partition coefficient (Wildman–Crippen LogP) is 1.21. The molecule has 1 saturated heterocycles. The summed E-state index contributed by atoms with van der Waals surface area (Å²) in [7, 11) is 1.70. The molecular formula is C11H21NO3. The van der Waals surface area contributed by atoms with Gasteiger partial charge in [-0.3, -0.25) is 9.69 Å². The van der Waals surface area contributed by atoms with E-state index in [0.29, 0.717) is 12.3 Å². The lowest BCUT2D eigenvalue weighted by Gasteiger charge is -2.38. The number of hydrogen-bond donors (Lipinski definition) is 1. The first-order chi connectivity index (χ1) is 7.10. The third-order valence-corrected chi connectivity index (χ3v) is 3.34. The number of ether oxygens (including phenoxy) is 1. The predicted molar refractivity (Wildman–Crippen MR) is 57.9 cm³/mol. The zero-order valence-electron chi connectivity index (χ0n) is 9.77. The molecule has 4 nitrogen and oxygen atoms in total. The molecule has 1 N–H and O–H groups in total. The SMILES string of the molecule is CCC(C(=O)O)N1CCC(C)C(OC)C1. The molecule has 1 fully saturated rings. The fourth-order valence-electron chi connectivity index (χ4n) is 2.24. The van der Waals surface area contributed by atoms with Crippen LogP contribution in [0.15, 0.2) is 0 Å². The second kappa shape index (κ2) is 5.47. The van der Waals surface area contributed by atoms with Crippen LogP contribution in [0.4, 0.5) is 0 Å². The number of carboxylic acids is 1. The van der Waals surface area contributed by atoms with Crippen molar-refractivity contribution in [1.29, 1.82) is 0 Å². The molecule has 1 aliphatic heterocycles. The van der Waals surface area contributed by atoms with Gasteiger partial charge in [-0.1, -0.05) is 13.8 Å². The molecule has 1 aliphatic rings. The van der Waals surface area contributed by atoms with Gasteiger partial charge in [0, 0.05) is 13.7 Å². The molecule has 3 atom stereocenters. The molecule has 0 spiro atoms. The zero-order chi connectivity index (χ0) is 11.4. The maximum atomic E-state index is 11.0. The number of piperidine rings is 1. The van der Waals surface area contributed by atoms with E-state index in [-0.39, 0.29) is 12.1 Å². The third kappa shape index (κ3) is 2.92. The van der Waals surface area contributed by atoms with Crippen LogP contribution in [0.25, 0.3) is 0 Å². The summed E-state index contributed by atoms with van der Waals surface area (Å²) in [6, 6.07) is -0.352. The Morgan fingerprint density at radius 2 is 2.33 bits per heavy atom. The van der Waals surface area contributed by atoms with E-state index in [9.17, 15) is 4.79 Å². The van der Waals surface area contributed by atoms with Gasteiger partial charge in [0.2, 0.25) is 0 Å². The van der Waals surface area contributed by atoms with Crippen LogP contribution in [0.1, 0.15) is 26.7 Å². The van der Waals surface area contributed by atoms with E-state index in [4.69, 9.17) is 9.84 Å². The molecule has 4 heteroatoms. The van der Waals surface area contributed by atoms with Gasteiger partial charge in [0.25, 0.3) is 0 Å². The highest BCUT2D eigenvalue weighted by atomic mass is 16.5. The average Bonchev–Trinajstić information content (AvgIpc) is 2.21. The highest BCUT2D eigenvalue weighted by Gasteiger charge is 2.32. The molecule has 0 radical (unpaired) electrons. The van der Waals surface area contributed by atoms with Crippen LogP contribution >= 0.6 is 0 Å². The molecule has 0 aliphatic carbocycles. The minimum Gasteiger partial charge on any atom is -0.480 e. The molecule has 0 saturated carbocycles. The summed E-state index contributed by atoms with van der Waals surface area (Å²) in [5.74, 6) is -0.195. The van der Waals surface area contributed by atoms with Crippen LogP contribution in [0.2, 0.25) is 0 Å². The first kappa shape index (κ1) is 12.5. The third-order valence-electron chi connectivity index (χ3n) is 3.34. The van der Waals surface area contributed by atoms with Crippen LogP contribution < -0.4 is 0 Å². The largest absolute Gasteiger partial charge is 0.480 e. The summed E-state index contributed by atoms with van der Waals surface area (Å²) >= 11 is 0. The number of hydrogen-bond acceptors (Lipinski definition) is 3. The van der Waals surface area contributed by atoms with Crippen molar-refractivity contribution >= 4 is 5.97 Å². The Morgan fingerprint density at radius 3 is 2.80 bits per heavy atom. The highest BCUT2D eigenvalue weighted by molar-refractivity contribution is 5.73. The van der Waals surface area contributed by atoms with Crippen molar-refractivity contribution in [2.24, 2.45) is 5.92 Å². The van der Waals surface area contributed by atoms with Crippen molar-refractivity contribution in [2.75, 3.05) is 20.2 Å². The van der Waals surface area contributed by atoms with E-state index in [0.717, 1.165) is 19.5 Å². The van der Waals surface area contributed by atoms with Crippen molar-refractivity contribution in [3.8, 4) is 0 Å². The maximum Gasteiger partial charge on any atom is 0.320 e. The Hall–Kier alpha value is -0.610. The number of rotatable bonds is 4. The summed E-state index contributed by atoms with van der Waals surface area (Å²) < 4.78 is 5.37. The molecule has 0 aromatic heterocycles. The van der Waals surface area contributed by atoms with Crippen LogP contribution in [-0.2, 0) is 9.53 Å². The Morgan fingerprint density at radius 1 is 1.67 bits per heavy atom. The van der Waals surface area contributed by atoms with Crippen molar-refractivity contribution < 1.29 is 14.6 Å². The van der Waals surface area contributed by atoms with Crippen molar-refractivity contribution in [3.05, 3.63) is 0 Å². The molecule has 1 heterocycles. The Balaban J connectivity index is 2.60. The Labute approximate surface area is 91.2 Å². The van der Waals surface area contributed by atoms with Crippen LogP contribution in [-0.4, -0.2) is 48.3 Å². The monoisotopic (exact) mass is 215 g/mol. The molecule has 0 aromatic carbocycles. The van der Waals surface area contributed by atoms with Crippen molar-refractivity contribution in [2.45, 2.75) is 38.8 Å². The van der Waals surface area contributed by atoms with Gasteiger partial charge in [-0.25, -0.2) is 0 Å². The van der Waals surface area contributed by atoms with Crippen LogP contribution in [0.5, 0.6) is 0 Å². The van der Waals surface area contributed by atoms with Gasteiger partial charge in [0.15, 0.2) is 0 Å². The quantitative estimate of drug-likeness (QED) is 0.765.